The SMILES string of the molecule is Cc1cc(Br)ccc1C1=CCC(I)C(=O)N1CC(F)F. The number of benzene rings is 1. The van der Waals surface area contributed by atoms with Crippen molar-refractivity contribution >= 4 is 50.1 Å². The number of amides is 1. The average molecular weight is 456 g/mol. The van der Waals surface area contributed by atoms with E-state index >= 15 is 0 Å². The number of alkyl halides is 3. The van der Waals surface area contributed by atoms with Gasteiger partial charge >= 0.3 is 0 Å². The molecule has 0 saturated carbocycles. The normalized spacial score (nSPS) is 19.5. The molecule has 2 rings (SSSR count). The molecule has 0 N–H and O–H groups in total. The van der Waals surface area contributed by atoms with Crippen molar-refractivity contribution in [1.82, 2.24) is 4.90 Å². The zero-order chi connectivity index (χ0) is 14.9. The fourth-order valence-corrected chi connectivity index (χ4v) is 3.28. The van der Waals surface area contributed by atoms with Gasteiger partial charge in [0.2, 0.25) is 5.91 Å². The summed E-state index contributed by atoms with van der Waals surface area (Å²) in [4.78, 5) is 13.4. The van der Waals surface area contributed by atoms with E-state index in [0.29, 0.717) is 12.1 Å². The highest BCUT2D eigenvalue weighted by molar-refractivity contribution is 14.1. The van der Waals surface area contributed by atoms with E-state index in [1.54, 1.807) is 0 Å². The maximum absolute atomic E-state index is 12.7. The Kier molecular flexibility index (Phi) is 5.17. The fourth-order valence-electron chi connectivity index (χ4n) is 2.21. The van der Waals surface area contributed by atoms with Crippen LogP contribution in [-0.4, -0.2) is 27.7 Å². The molecule has 108 valence electrons. The van der Waals surface area contributed by atoms with Crippen LogP contribution in [0.15, 0.2) is 28.7 Å². The standard InChI is InChI=1S/C14H13BrF2INO/c1-8-6-9(15)2-3-10(8)12-5-4-11(18)14(20)19(12)7-13(16)17/h2-3,5-6,11,13H,4,7H2,1H3. The van der Waals surface area contributed by atoms with Gasteiger partial charge in [-0.25, -0.2) is 8.78 Å². The molecule has 1 aliphatic rings. The largest absolute Gasteiger partial charge is 0.305 e. The maximum atomic E-state index is 12.7. The van der Waals surface area contributed by atoms with Gasteiger partial charge < -0.3 is 4.90 Å². The number of rotatable bonds is 3. The summed E-state index contributed by atoms with van der Waals surface area (Å²) in [6.07, 6.45) is -0.0963. The van der Waals surface area contributed by atoms with E-state index in [2.05, 4.69) is 15.9 Å². The molecule has 1 aliphatic heterocycles. The zero-order valence-electron chi connectivity index (χ0n) is 10.7. The molecule has 0 bridgehead atoms. The summed E-state index contributed by atoms with van der Waals surface area (Å²) in [5.41, 5.74) is 2.36. The molecule has 1 aromatic rings. The third-order valence-corrected chi connectivity index (χ3v) is 4.66. The van der Waals surface area contributed by atoms with E-state index in [4.69, 9.17) is 0 Å². The molecule has 2 nitrogen and oxygen atoms in total. The van der Waals surface area contributed by atoms with Gasteiger partial charge in [0.15, 0.2) is 0 Å². The van der Waals surface area contributed by atoms with E-state index in [9.17, 15) is 13.6 Å². The van der Waals surface area contributed by atoms with Gasteiger partial charge in [-0.15, -0.1) is 0 Å². The van der Waals surface area contributed by atoms with Crippen molar-refractivity contribution < 1.29 is 13.6 Å². The quantitative estimate of drug-likeness (QED) is 0.488. The summed E-state index contributed by atoms with van der Waals surface area (Å²) >= 11 is 5.38. The second-order valence-electron chi connectivity index (χ2n) is 4.59. The Morgan fingerprint density at radius 1 is 1.50 bits per heavy atom. The number of halogens is 4. The lowest BCUT2D eigenvalue weighted by molar-refractivity contribution is -0.128. The number of hydrogen-bond acceptors (Lipinski definition) is 1. The lowest BCUT2D eigenvalue weighted by Gasteiger charge is -2.31. The molecule has 1 amide bonds. The third kappa shape index (κ3) is 3.39. The second-order valence-corrected chi connectivity index (χ2v) is 7.01. The Morgan fingerprint density at radius 3 is 2.80 bits per heavy atom. The van der Waals surface area contributed by atoms with Gasteiger partial charge in [-0.1, -0.05) is 50.7 Å². The topological polar surface area (TPSA) is 20.3 Å². The highest BCUT2D eigenvalue weighted by Crippen LogP contribution is 2.32. The van der Waals surface area contributed by atoms with Crippen molar-refractivity contribution in [3.63, 3.8) is 0 Å². The maximum Gasteiger partial charge on any atom is 0.256 e. The number of carbonyl (C=O) groups is 1. The highest BCUT2D eigenvalue weighted by atomic mass is 127. The minimum atomic E-state index is -2.54. The summed E-state index contributed by atoms with van der Waals surface area (Å²) in [6.45, 7) is 1.35. The number of allylic oxidation sites excluding steroid dienone is 1. The van der Waals surface area contributed by atoms with Crippen molar-refractivity contribution in [2.45, 2.75) is 23.7 Å². The van der Waals surface area contributed by atoms with Crippen molar-refractivity contribution in [3.05, 3.63) is 39.9 Å². The van der Waals surface area contributed by atoms with Gasteiger partial charge in [-0.05, 0) is 31.0 Å². The monoisotopic (exact) mass is 455 g/mol. The first-order valence-corrected chi connectivity index (χ1v) is 8.14. The second kappa shape index (κ2) is 6.51. The summed E-state index contributed by atoms with van der Waals surface area (Å²) in [7, 11) is 0. The Morgan fingerprint density at radius 2 is 2.20 bits per heavy atom. The molecule has 0 aliphatic carbocycles. The molecule has 6 heteroatoms. The number of aryl methyl sites for hydroxylation is 1. The van der Waals surface area contributed by atoms with Gasteiger partial charge in [-0.3, -0.25) is 4.79 Å². The van der Waals surface area contributed by atoms with Crippen LogP contribution >= 0.6 is 38.5 Å². The summed E-state index contributed by atoms with van der Waals surface area (Å²) in [5.74, 6) is -0.245. The molecule has 0 aromatic heterocycles. The van der Waals surface area contributed by atoms with Gasteiger partial charge in [0.25, 0.3) is 6.43 Å². The first kappa shape index (κ1) is 15.9. The lowest BCUT2D eigenvalue weighted by Crippen LogP contribution is -2.41. The van der Waals surface area contributed by atoms with Gasteiger partial charge in [0.1, 0.15) is 0 Å². The first-order chi connectivity index (χ1) is 9.40. The van der Waals surface area contributed by atoms with Crippen LogP contribution in [0.5, 0.6) is 0 Å². The number of hydrogen-bond donors (Lipinski definition) is 0. The van der Waals surface area contributed by atoms with Crippen molar-refractivity contribution in [2.75, 3.05) is 6.54 Å². The van der Waals surface area contributed by atoms with Gasteiger partial charge in [-0.2, -0.15) is 0 Å². The molecular weight excluding hydrogens is 443 g/mol. The van der Waals surface area contributed by atoms with E-state index in [0.717, 1.165) is 15.6 Å². The van der Waals surface area contributed by atoms with Gasteiger partial charge in [0.05, 0.1) is 10.5 Å². The van der Waals surface area contributed by atoms with Crippen LogP contribution in [0.25, 0.3) is 5.70 Å². The van der Waals surface area contributed by atoms with E-state index < -0.39 is 13.0 Å². The number of carbonyl (C=O) groups excluding carboxylic acids is 1. The molecule has 0 spiro atoms. The zero-order valence-corrected chi connectivity index (χ0v) is 14.5. The van der Waals surface area contributed by atoms with Crippen molar-refractivity contribution in [3.8, 4) is 0 Å². The van der Waals surface area contributed by atoms with Crippen molar-refractivity contribution in [1.29, 1.82) is 0 Å². The van der Waals surface area contributed by atoms with Crippen LogP contribution in [-0.2, 0) is 4.79 Å². The van der Waals surface area contributed by atoms with Crippen LogP contribution in [0.2, 0.25) is 0 Å². The smallest absolute Gasteiger partial charge is 0.256 e. The molecule has 1 heterocycles. The van der Waals surface area contributed by atoms with E-state index in [-0.39, 0.29) is 9.83 Å². The Balaban J connectivity index is 2.43. The Hall–Kier alpha value is -0.500. The minimum absolute atomic E-state index is 0.245. The molecule has 1 unspecified atom stereocenters. The van der Waals surface area contributed by atoms with Gasteiger partial charge in [0, 0.05) is 15.7 Å². The Bertz CT molecular complexity index is 562. The van der Waals surface area contributed by atoms with Crippen LogP contribution in [0.3, 0.4) is 0 Å². The molecule has 0 saturated heterocycles. The summed E-state index contributed by atoms with van der Waals surface area (Å²) in [5, 5.41) is 0. The molecule has 20 heavy (non-hydrogen) atoms. The molecular formula is C14H13BrF2INO. The predicted octanol–water partition coefficient (Wildman–Crippen LogP) is 4.40. The van der Waals surface area contributed by atoms with E-state index in [1.165, 1.54) is 4.90 Å². The number of nitrogens with zero attached hydrogens (tertiary/aromatic N) is 1. The van der Waals surface area contributed by atoms with Crippen LogP contribution in [0.4, 0.5) is 8.78 Å². The van der Waals surface area contributed by atoms with E-state index in [1.807, 2.05) is 53.8 Å². The van der Waals surface area contributed by atoms with Crippen LogP contribution in [0.1, 0.15) is 17.5 Å². The first-order valence-electron chi connectivity index (χ1n) is 6.10. The van der Waals surface area contributed by atoms with Crippen LogP contribution in [0, 0.1) is 6.92 Å². The average Bonchev–Trinajstić information content (AvgIpc) is 2.36. The van der Waals surface area contributed by atoms with Crippen LogP contribution < -0.4 is 0 Å². The predicted molar refractivity (Wildman–Crippen MR) is 87.0 cm³/mol. The molecule has 0 fully saturated rings. The third-order valence-electron chi connectivity index (χ3n) is 3.13. The lowest BCUT2D eigenvalue weighted by atomic mass is 10.0. The fraction of sp³-hybridized carbons (Fsp3) is 0.357. The Labute approximate surface area is 138 Å². The summed E-state index contributed by atoms with van der Waals surface area (Å²) in [6, 6.07) is 5.62. The molecule has 0 radical (unpaired) electrons. The van der Waals surface area contributed by atoms with Crippen molar-refractivity contribution in [2.24, 2.45) is 0 Å². The molecule has 1 atom stereocenters. The molecule has 1 aromatic carbocycles. The summed E-state index contributed by atoms with van der Waals surface area (Å²) < 4.78 is 26.1. The minimum Gasteiger partial charge on any atom is -0.305 e. The highest BCUT2D eigenvalue weighted by Gasteiger charge is 2.31.